The second-order valence-corrected chi connectivity index (χ2v) is 8.84. The molecule has 0 saturated heterocycles. The number of ether oxygens (including phenoxy) is 2. The molecular formula is C24H24N4O3S. The van der Waals surface area contributed by atoms with Gasteiger partial charge in [0.15, 0.2) is 0 Å². The van der Waals surface area contributed by atoms with E-state index in [2.05, 4.69) is 27.6 Å². The first-order valence-electron chi connectivity index (χ1n) is 10.4. The molecule has 1 aliphatic carbocycles. The van der Waals surface area contributed by atoms with Crippen molar-refractivity contribution in [2.75, 3.05) is 13.7 Å². The Kier molecular flexibility index (Phi) is 6.49. The van der Waals surface area contributed by atoms with Gasteiger partial charge in [0.05, 0.1) is 17.7 Å². The fraction of sp³-hybridized carbons (Fsp3) is 0.333. The number of nitriles is 1. The monoisotopic (exact) mass is 448 g/mol. The first kappa shape index (κ1) is 21.9. The lowest BCUT2D eigenvalue weighted by molar-refractivity contribution is -0.125. The van der Waals surface area contributed by atoms with Crippen molar-refractivity contribution >= 4 is 17.2 Å². The third-order valence-electron chi connectivity index (χ3n) is 5.25. The van der Waals surface area contributed by atoms with Crippen molar-refractivity contribution in [1.82, 2.24) is 15.5 Å². The molecule has 0 bridgehead atoms. The number of rotatable bonds is 7. The first-order chi connectivity index (χ1) is 15.5. The normalized spacial score (nSPS) is 14.8. The van der Waals surface area contributed by atoms with E-state index in [-0.39, 0.29) is 24.7 Å². The van der Waals surface area contributed by atoms with Gasteiger partial charge in [-0.25, -0.2) is 0 Å². The summed E-state index contributed by atoms with van der Waals surface area (Å²) in [6.45, 7) is 3.91. The molecule has 0 aliphatic heterocycles. The van der Waals surface area contributed by atoms with E-state index in [4.69, 9.17) is 9.47 Å². The molecule has 1 aromatic heterocycles. The Bertz CT molecular complexity index is 1180. The minimum absolute atomic E-state index is 0.00985. The Labute approximate surface area is 191 Å². The van der Waals surface area contributed by atoms with E-state index in [9.17, 15) is 10.1 Å². The van der Waals surface area contributed by atoms with Gasteiger partial charge in [-0.1, -0.05) is 29.5 Å². The van der Waals surface area contributed by atoms with Crippen LogP contribution in [0.5, 0.6) is 5.75 Å². The van der Waals surface area contributed by atoms with Gasteiger partial charge in [0.25, 0.3) is 0 Å². The Hall–Kier alpha value is -3.28. The molecule has 1 amide bonds. The molecule has 0 fully saturated rings. The van der Waals surface area contributed by atoms with Gasteiger partial charge < -0.3 is 14.8 Å². The highest BCUT2D eigenvalue weighted by molar-refractivity contribution is 7.17. The lowest BCUT2D eigenvalue weighted by Gasteiger charge is -2.14. The molecule has 32 heavy (non-hydrogen) atoms. The van der Waals surface area contributed by atoms with Gasteiger partial charge in [-0.3, -0.25) is 4.79 Å². The van der Waals surface area contributed by atoms with Gasteiger partial charge in [-0.2, -0.15) is 5.26 Å². The minimum Gasteiger partial charge on any atom is -0.490 e. The van der Waals surface area contributed by atoms with Crippen LogP contribution in [0.2, 0.25) is 0 Å². The number of fused-ring (bicyclic) bond motifs is 1. The van der Waals surface area contributed by atoms with Crippen LogP contribution in [0.3, 0.4) is 0 Å². The average molecular weight is 449 g/mol. The van der Waals surface area contributed by atoms with Crippen LogP contribution < -0.4 is 10.1 Å². The minimum atomic E-state index is -0.118. The smallest absolute Gasteiger partial charge is 0.246 e. The standard InChI is InChI=1S/C24H24N4O3S/c1-14(2)31-21-10-7-15(11-16(21)12-25)23-27-28-24(32-23)19-6-4-5-18-17(19)8-9-20(18)26-22(29)13-30-3/h4-7,10-11,14,20H,8-9,13H2,1-3H3,(H,26,29). The highest BCUT2D eigenvalue weighted by atomic mass is 32.1. The summed E-state index contributed by atoms with van der Waals surface area (Å²) >= 11 is 1.49. The van der Waals surface area contributed by atoms with E-state index < -0.39 is 0 Å². The Morgan fingerprint density at radius 1 is 1.28 bits per heavy atom. The quantitative estimate of drug-likeness (QED) is 0.579. The lowest BCUT2D eigenvalue weighted by Crippen LogP contribution is -2.30. The molecule has 2 aromatic carbocycles. The Morgan fingerprint density at radius 3 is 2.84 bits per heavy atom. The van der Waals surface area contributed by atoms with Gasteiger partial charge in [0.1, 0.15) is 28.4 Å². The molecule has 1 aliphatic rings. The molecule has 4 rings (SSSR count). The molecule has 8 heteroatoms. The zero-order valence-electron chi connectivity index (χ0n) is 18.2. The molecule has 1 atom stereocenters. The molecule has 0 spiro atoms. The molecule has 1 heterocycles. The molecule has 1 unspecified atom stereocenters. The lowest BCUT2D eigenvalue weighted by atomic mass is 10.0. The molecule has 7 nitrogen and oxygen atoms in total. The van der Waals surface area contributed by atoms with Crippen molar-refractivity contribution in [3.05, 3.63) is 53.1 Å². The van der Waals surface area contributed by atoms with Crippen molar-refractivity contribution in [2.45, 2.75) is 38.8 Å². The van der Waals surface area contributed by atoms with Crippen LogP contribution in [0.1, 0.15) is 43.0 Å². The molecule has 3 aromatic rings. The van der Waals surface area contributed by atoms with E-state index in [0.29, 0.717) is 11.3 Å². The maximum atomic E-state index is 12.0. The van der Waals surface area contributed by atoms with Crippen LogP contribution in [-0.2, 0) is 16.0 Å². The largest absolute Gasteiger partial charge is 0.490 e. The maximum Gasteiger partial charge on any atom is 0.246 e. The number of nitrogens with zero attached hydrogens (tertiary/aromatic N) is 3. The van der Waals surface area contributed by atoms with E-state index in [1.165, 1.54) is 24.0 Å². The predicted octanol–water partition coefficient (Wildman–Crippen LogP) is 4.28. The first-order valence-corrected chi connectivity index (χ1v) is 11.3. The summed E-state index contributed by atoms with van der Waals surface area (Å²) in [6.07, 6.45) is 1.69. The second kappa shape index (κ2) is 9.47. The Morgan fingerprint density at radius 2 is 2.09 bits per heavy atom. The van der Waals surface area contributed by atoms with Gasteiger partial charge in [-0.05, 0) is 56.0 Å². The summed E-state index contributed by atoms with van der Waals surface area (Å²) in [7, 11) is 1.51. The average Bonchev–Trinajstić information content (AvgIpc) is 3.41. The number of hydrogen-bond donors (Lipinski definition) is 1. The summed E-state index contributed by atoms with van der Waals surface area (Å²) < 4.78 is 10.6. The van der Waals surface area contributed by atoms with Crippen molar-refractivity contribution < 1.29 is 14.3 Å². The number of carbonyl (C=O) groups excluding carboxylic acids is 1. The fourth-order valence-corrected chi connectivity index (χ4v) is 4.82. The van der Waals surface area contributed by atoms with Crippen molar-refractivity contribution in [3.8, 4) is 33.0 Å². The molecule has 0 saturated carbocycles. The van der Waals surface area contributed by atoms with E-state index in [1.54, 1.807) is 6.07 Å². The van der Waals surface area contributed by atoms with Crippen LogP contribution >= 0.6 is 11.3 Å². The predicted molar refractivity (Wildman–Crippen MR) is 122 cm³/mol. The molecular weight excluding hydrogens is 424 g/mol. The van der Waals surface area contributed by atoms with Crippen LogP contribution in [0.4, 0.5) is 0 Å². The van der Waals surface area contributed by atoms with E-state index in [0.717, 1.165) is 39.5 Å². The second-order valence-electron chi connectivity index (χ2n) is 7.87. The summed E-state index contributed by atoms with van der Waals surface area (Å²) in [5, 5.41) is 22.9. The van der Waals surface area contributed by atoms with Crippen molar-refractivity contribution in [2.24, 2.45) is 0 Å². The number of methoxy groups -OCH3 is 1. The third kappa shape index (κ3) is 4.49. The topological polar surface area (TPSA) is 97.1 Å². The number of amides is 1. The van der Waals surface area contributed by atoms with E-state index in [1.807, 2.05) is 38.1 Å². The third-order valence-corrected chi connectivity index (χ3v) is 6.25. The van der Waals surface area contributed by atoms with Crippen LogP contribution in [0.25, 0.3) is 21.1 Å². The van der Waals surface area contributed by atoms with Crippen LogP contribution in [0.15, 0.2) is 36.4 Å². The number of nitrogens with one attached hydrogen (secondary N) is 1. The van der Waals surface area contributed by atoms with Gasteiger partial charge in [0.2, 0.25) is 5.91 Å². The Balaban J connectivity index is 1.61. The molecule has 0 radical (unpaired) electrons. The summed E-state index contributed by atoms with van der Waals surface area (Å²) in [5.41, 5.74) is 4.65. The zero-order valence-corrected chi connectivity index (χ0v) is 19.0. The van der Waals surface area contributed by atoms with Crippen LogP contribution in [-0.4, -0.2) is 35.9 Å². The number of benzene rings is 2. The summed E-state index contributed by atoms with van der Waals surface area (Å²) in [6, 6.07) is 13.8. The number of carbonyl (C=O) groups is 1. The van der Waals surface area contributed by atoms with Crippen molar-refractivity contribution in [1.29, 1.82) is 5.26 Å². The number of hydrogen-bond acceptors (Lipinski definition) is 7. The van der Waals surface area contributed by atoms with E-state index >= 15 is 0 Å². The van der Waals surface area contributed by atoms with Gasteiger partial charge in [-0.15, -0.1) is 10.2 Å². The highest BCUT2D eigenvalue weighted by Gasteiger charge is 2.27. The maximum absolute atomic E-state index is 12.0. The fourth-order valence-electron chi connectivity index (χ4n) is 3.93. The summed E-state index contributed by atoms with van der Waals surface area (Å²) in [4.78, 5) is 12.0. The van der Waals surface area contributed by atoms with Crippen molar-refractivity contribution in [3.63, 3.8) is 0 Å². The highest BCUT2D eigenvalue weighted by Crippen LogP contribution is 2.40. The van der Waals surface area contributed by atoms with Gasteiger partial charge >= 0.3 is 0 Å². The SMILES string of the molecule is COCC(=O)NC1CCc2c(-c3nnc(-c4ccc(OC(C)C)c(C#N)c4)s3)cccc21. The summed E-state index contributed by atoms with van der Waals surface area (Å²) in [5.74, 6) is 0.450. The molecule has 164 valence electrons. The number of aromatic nitrogens is 2. The molecule has 1 N–H and O–H groups in total. The van der Waals surface area contributed by atoms with Gasteiger partial charge in [0, 0.05) is 18.2 Å². The zero-order chi connectivity index (χ0) is 22.7. The van der Waals surface area contributed by atoms with Crippen LogP contribution in [0, 0.1) is 11.3 Å².